The van der Waals surface area contributed by atoms with E-state index < -0.39 is 11.9 Å². The van der Waals surface area contributed by atoms with E-state index in [4.69, 9.17) is 24.7 Å². The quantitative estimate of drug-likeness (QED) is 0.522. The number of allylic oxidation sites excluding steroid dienone is 2. The number of hydrogen-bond donors (Lipinski definition) is 1. The van der Waals surface area contributed by atoms with Crippen LogP contribution in [0.4, 0.5) is 0 Å². The van der Waals surface area contributed by atoms with Crippen molar-refractivity contribution in [1.82, 2.24) is 0 Å². The van der Waals surface area contributed by atoms with Gasteiger partial charge in [0.25, 0.3) is 0 Å². The maximum absolute atomic E-state index is 12.5. The fourth-order valence-corrected chi connectivity index (χ4v) is 3.64. The van der Waals surface area contributed by atoms with Gasteiger partial charge in [-0.3, -0.25) is 0 Å². The predicted molar refractivity (Wildman–Crippen MR) is 102 cm³/mol. The smallest absolute Gasteiger partial charge is 0.338 e. The van der Waals surface area contributed by atoms with Crippen LogP contribution in [-0.4, -0.2) is 26.8 Å². The molecule has 1 aliphatic rings. The van der Waals surface area contributed by atoms with Gasteiger partial charge in [-0.25, -0.2) is 4.79 Å². The van der Waals surface area contributed by atoms with E-state index in [-0.39, 0.29) is 23.6 Å². The molecule has 26 heavy (non-hydrogen) atoms. The van der Waals surface area contributed by atoms with Crippen molar-refractivity contribution in [1.29, 1.82) is 5.26 Å². The van der Waals surface area contributed by atoms with E-state index in [1.807, 2.05) is 12.1 Å². The van der Waals surface area contributed by atoms with Crippen molar-refractivity contribution >= 4 is 28.6 Å². The van der Waals surface area contributed by atoms with E-state index in [0.29, 0.717) is 22.8 Å². The van der Waals surface area contributed by atoms with Crippen molar-refractivity contribution in [2.45, 2.75) is 19.8 Å². The number of carbonyl (C=O) groups excluding carboxylic acids is 1. The van der Waals surface area contributed by atoms with E-state index in [0.717, 1.165) is 3.57 Å². The zero-order valence-corrected chi connectivity index (χ0v) is 17.0. The highest BCUT2D eigenvalue weighted by Crippen LogP contribution is 2.43. The van der Waals surface area contributed by atoms with Crippen LogP contribution in [0, 0.1) is 14.9 Å². The summed E-state index contributed by atoms with van der Waals surface area (Å²) < 4.78 is 22.1. The third-order valence-corrected chi connectivity index (χ3v) is 4.69. The van der Waals surface area contributed by atoms with Crippen LogP contribution < -0.4 is 15.2 Å². The first-order chi connectivity index (χ1) is 12.4. The van der Waals surface area contributed by atoms with Crippen molar-refractivity contribution in [2.24, 2.45) is 5.73 Å². The minimum Gasteiger partial charge on any atom is -0.493 e. The fraction of sp³-hybridized carbons (Fsp3) is 0.333. The first kappa shape index (κ1) is 19.9. The number of esters is 1. The van der Waals surface area contributed by atoms with Gasteiger partial charge in [-0.1, -0.05) is 0 Å². The fourth-order valence-electron chi connectivity index (χ4n) is 2.79. The van der Waals surface area contributed by atoms with Gasteiger partial charge in [-0.2, -0.15) is 5.26 Å². The molecule has 2 rings (SSSR count). The molecule has 0 radical (unpaired) electrons. The maximum Gasteiger partial charge on any atom is 0.338 e. The molecule has 0 fully saturated rings. The summed E-state index contributed by atoms with van der Waals surface area (Å²) in [5, 5.41) is 9.61. The lowest BCUT2D eigenvalue weighted by molar-refractivity contribution is -0.139. The van der Waals surface area contributed by atoms with Gasteiger partial charge in [0.1, 0.15) is 17.4 Å². The Balaban J connectivity index is 2.72. The third-order valence-electron chi connectivity index (χ3n) is 3.89. The lowest BCUT2D eigenvalue weighted by Gasteiger charge is -2.27. The number of rotatable bonds is 5. The summed E-state index contributed by atoms with van der Waals surface area (Å²) in [6, 6.07) is 5.58. The van der Waals surface area contributed by atoms with Crippen molar-refractivity contribution < 1.29 is 23.7 Å². The molecule has 1 unspecified atom stereocenters. The highest BCUT2D eigenvalue weighted by atomic mass is 127. The van der Waals surface area contributed by atoms with Gasteiger partial charge in [0.05, 0.1) is 35.9 Å². The van der Waals surface area contributed by atoms with Crippen LogP contribution in [0.25, 0.3) is 0 Å². The molecule has 1 aliphatic heterocycles. The molecule has 7 nitrogen and oxygen atoms in total. The summed E-state index contributed by atoms with van der Waals surface area (Å²) in [5.74, 6) is 0.0409. The molecule has 2 N–H and O–H groups in total. The number of nitriles is 1. The molecule has 0 saturated carbocycles. The number of benzene rings is 1. The highest BCUT2D eigenvalue weighted by Gasteiger charge is 2.37. The van der Waals surface area contributed by atoms with Gasteiger partial charge < -0.3 is 24.7 Å². The number of nitrogens with two attached hydrogens (primary N) is 1. The summed E-state index contributed by atoms with van der Waals surface area (Å²) in [4.78, 5) is 12.5. The highest BCUT2D eigenvalue weighted by molar-refractivity contribution is 14.1. The minimum absolute atomic E-state index is 0.0344. The molecular formula is C18H19IN2O5. The number of hydrogen-bond acceptors (Lipinski definition) is 7. The topological polar surface area (TPSA) is 104 Å². The zero-order chi connectivity index (χ0) is 19.4. The monoisotopic (exact) mass is 470 g/mol. The molecule has 0 saturated heterocycles. The summed E-state index contributed by atoms with van der Waals surface area (Å²) in [6.45, 7) is 3.53. The number of ether oxygens (including phenoxy) is 4. The van der Waals surface area contributed by atoms with Crippen LogP contribution in [0.3, 0.4) is 0 Å². The average molecular weight is 470 g/mol. The SMILES string of the molecule is CCOC(=O)C1=C(C)OC(N)=C(C#N)C1c1cc(I)c(OC)c(OC)c1. The van der Waals surface area contributed by atoms with Crippen molar-refractivity contribution in [3.63, 3.8) is 0 Å². The van der Waals surface area contributed by atoms with Crippen LogP contribution in [0.1, 0.15) is 25.3 Å². The third kappa shape index (κ3) is 3.58. The standard InChI is InChI=1S/C18H19IN2O5/c1-5-25-18(22)14-9(2)26-17(21)11(8-20)15(14)10-6-12(19)16(24-4)13(7-10)23-3/h6-7,15H,5,21H2,1-4H3. The Labute approximate surface area is 165 Å². The lowest BCUT2D eigenvalue weighted by atomic mass is 9.83. The Kier molecular flexibility index (Phi) is 6.37. The van der Waals surface area contributed by atoms with Gasteiger partial charge in [0, 0.05) is 0 Å². The first-order valence-electron chi connectivity index (χ1n) is 7.76. The first-order valence-corrected chi connectivity index (χ1v) is 8.84. The van der Waals surface area contributed by atoms with Crippen molar-refractivity contribution in [3.8, 4) is 17.6 Å². The Bertz CT molecular complexity index is 839. The van der Waals surface area contributed by atoms with Gasteiger partial charge in [-0.15, -0.1) is 0 Å². The van der Waals surface area contributed by atoms with Gasteiger partial charge >= 0.3 is 5.97 Å². The average Bonchev–Trinajstić information content (AvgIpc) is 2.60. The van der Waals surface area contributed by atoms with E-state index in [1.165, 1.54) is 7.11 Å². The van der Waals surface area contributed by atoms with Gasteiger partial charge in [-0.05, 0) is 54.1 Å². The second-order valence-electron chi connectivity index (χ2n) is 5.35. The molecule has 8 heteroatoms. The molecule has 1 aromatic carbocycles. The molecule has 0 bridgehead atoms. The second kappa shape index (κ2) is 8.31. The largest absolute Gasteiger partial charge is 0.493 e. The summed E-state index contributed by atoms with van der Waals surface area (Å²) in [7, 11) is 3.06. The Morgan fingerprint density at radius 1 is 1.38 bits per heavy atom. The molecule has 0 aromatic heterocycles. The minimum atomic E-state index is -0.721. The van der Waals surface area contributed by atoms with Crippen LogP contribution in [0.15, 0.2) is 34.9 Å². The zero-order valence-electron chi connectivity index (χ0n) is 14.9. The number of nitrogens with zero attached hydrogens (tertiary/aromatic N) is 1. The molecular weight excluding hydrogens is 451 g/mol. The summed E-state index contributed by atoms with van der Waals surface area (Å²) >= 11 is 2.10. The molecule has 1 atom stereocenters. The molecule has 0 amide bonds. The van der Waals surface area contributed by atoms with E-state index in [9.17, 15) is 10.1 Å². The van der Waals surface area contributed by atoms with E-state index in [2.05, 4.69) is 22.6 Å². The number of methoxy groups -OCH3 is 2. The number of carbonyl (C=O) groups is 1. The molecule has 1 aromatic rings. The molecule has 138 valence electrons. The van der Waals surface area contributed by atoms with Crippen LogP contribution in [0.5, 0.6) is 11.5 Å². The van der Waals surface area contributed by atoms with Crippen LogP contribution in [0.2, 0.25) is 0 Å². The second-order valence-corrected chi connectivity index (χ2v) is 6.52. The predicted octanol–water partition coefficient (Wildman–Crippen LogP) is 2.95. The van der Waals surface area contributed by atoms with Gasteiger partial charge in [0.2, 0.25) is 5.88 Å². The number of halogens is 1. The van der Waals surface area contributed by atoms with E-state index in [1.54, 1.807) is 27.0 Å². The van der Waals surface area contributed by atoms with Gasteiger partial charge in [0.15, 0.2) is 11.5 Å². The lowest BCUT2D eigenvalue weighted by Crippen LogP contribution is -2.25. The van der Waals surface area contributed by atoms with Crippen LogP contribution >= 0.6 is 22.6 Å². The Morgan fingerprint density at radius 2 is 2.08 bits per heavy atom. The summed E-state index contributed by atoms with van der Waals surface area (Å²) in [6.07, 6.45) is 0. The van der Waals surface area contributed by atoms with Crippen LogP contribution in [-0.2, 0) is 14.3 Å². The van der Waals surface area contributed by atoms with Crippen molar-refractivity contribution in [2.75, 3.05) is 20.8 Å². The van der Waals surface area contributed by atoms with E-state index >= 15 is 0 Å². The van der Waals surface area contributed by atoms with Crippen molar-refractivity contribution in [3.05, 3.63) is 44.1 Å². The molecule has 0 spiro atoms. The summed E-state index contributed by atoms with van der Waals surface area (Å²) in [5.41, 5.74) is 6.93. The normalized spacial score (nSPS) is 16.7. The Morgan fingerprint density at radius 3 is 2.62 bits per heavy atom. The molecule has 0 aliphatic carbocycles. The maximum atomic E-state index is 12.5. The Hall–Kier alpha value is -2.41. The molecule has 1 heterocycles.